The molecule has 1 aliphatic heterocycles. The van der Waals surface area contributed by atoms with Gasteiger partial charge in [-0.1, -0.05) is 12.1 Å². The van der Waals surface area contributed by atoms with Gasteiger partial charge in [-0.2, -0.15) is 0 Å². The summed E-state index contributed by atoms with van der Waals surface area (Å²) in [5.41, 5.74) is 3.25. The van der Waals surface area contributed by atoms with Gasteiger partial charge in [-0.15, -0.1) is 0 Å². The minimum atomic E-state index is -0.0320. The summed E-state index contributed by atoms with van der Waals surface area (Å²) in [6.45, 7) is 4.51. The first-order chi connectivity index (χ1) is 11.8. The molecular weight excluding hydrogens is 304 g/mol. The monoisotopic (exact) mass is 326 g/mol. The predicted molar refractivity (Wildman–Crippen MR) is 90.9 cm³/mol. The number of amides is 2. The van der Waals surface area contributed by atoms with Crippen LogP contribution in [0.3, 0.4) is 0 Å². The van der Waals surface area contributed by atoms with Gasteiger partial charge in [0.15, 0.2) is 0 Å². The molecule has 0 spiro atoms. The largest absolute Gasteiger partial charge is 0.494 e. The molecular formula is C18H22N4O2. The lowest BCUT2D eigenvalue weighted by Gasteiger charge is -2.27. The van der Waals surface area contributed by atoms with Crippen LogP contribution in [0.15, 0.2) is 36.8 Å². The van der Waals surface area contributed by atoms with Gasteiger partial charge in [-0.25, -0.2) is 14.8 Å². The Balaban J connectivity index is 1.46. The van der Waals surface area contributed by atoms with Gasteiger partial charge in [0.25, 0.3) is 0 Å². The lowest BCUT2D eigenvalue weighted by atomic mass is 10.1. The normalized spacial score (nSPS) is 13.3. The molecule has 6 heteroatoms. The van der Waals surface area contributed by atoms with Crippen LogP contribution in [0.1, 0.15) is 23.7 Å². The van der Waals surface area contributed by atoms with E-state index in [0.29, 0.717) is 26.2 Å². The van der Waals surface area contributed by atoms with E-state index in [2.05, 4.69) is 15.3 Å². The molecule has 0 aliphatic carbocycles. The standard InChI is InChI=1S/C18H22N4O2/c1-2-24-16-5-3-14(4-6-16)7-9-20-18(23)22-10-8-17-15(12-22)11-19-13-21-17/h3-6,11,13H,2,7-10,12H2,1H3,(H,20,23). The number of rotatable bonds is 5. The zero-order valence-electron chi connectivity index (χ0n) is 13.9. The number of urea groups is 1. The smallest absolute Gasteiger partial charge is 0.317 e. The summed E-state index contributed by atoms with van der Waals surface area (Å²) in [5.74, 6) is 0.875. The van der Waals surface area contributed by atoms with Crippen LogP contribution < -0.4 is 10.1 Å². The Morgan fingerprint density at radius 1 is 1.33 bits per heavy atom. The molecule has 24 heavy (non-hydrogen) atoms. The molecule has 2 amide bonds. The highest BCUT2D eigenvalue weighted by Crippen LogP contribution is 2.15. The van der Waals surface area contributed by atoms with Crippen molar-refractivity contribution < 1.29 is 9.53 Å². The Hall–Kier alpha value is -2.63. The Labute approximate surface area is 141 Å². The van der Waals surface area contributed by atoms with Crippen molar-refractivity contribution in [3.05, 3.63) is 53.6 Å². The highest BCUT2D eigenvalue weighted by molar-refractivity contribution is 5.74. The van der Waals surface area contributed by atoms with E-state index in [1.54, 1.807) is 12.5 Å². The maximum Gasteiger partial charge on any atom is 0.317 e. The van der Waals surface area contributed by atoms with Crippen LogP contribution in [0, 0.1) is 0 Å². The summed E-state index contributed by atoms with van der Waals surface area (Å²) >= 11 is 0. The number of carbonyl (C=O) groups excluding carboxylic acids is 1. The van der Waals surface area contributed by atoms with Crippen molar-refractivity contribution in [2.45, 2.75) is 26.3 Å². The van der Waals surface area contributed by atoms with Crippen LogP contribution >= 0.6 is 0 Å². The molecule has 6 nitrogen and oxygen atoms in total. The van der Waals surface area contributed by atoms with E-state index in [9.17, 15) is 4.79 Å². The van der Waals surface area contributed by atoms with E-state index in [1.165, 1.54) is 5.56 Å². The highest BCUT2D eigenvalue weighted by Gasteiger charge is 2.21. The molecule has 0 saturated heterocycles. The van der Waals surface area contributed by atoms with Crippen molar-refractivity contribution in [2.75, 3.05) is 19.7 Å². The maximum absolute atomic E-state index is 12.3. The van der Waals surface area contributed by atoms with Crippen molar-refractivity contribution in [2.24, 2.45) is 0 Å². The minimum Gasteiger partial charge on any atom is -0.494 e. The second-order valence-electron chi connectivity index (χ2n) is 5.73. The number of nitrogens with zero attached hydrogens (tertiary/aromatic N) is 3. The number of ether oxygens (including phenoxy) is 1. The van der Waals surface area contributed by atoms with E-state index in [0.717, 1.165) is 29.8 Å². The minimum absolute atomic E-state index is 0.0320. The summed E-state index contributed by atoms with van der Waals surface area (Å²) in [5, 5.41) is 2.99. The molecule has 1 aromatic carbocycles. The van der Waals surface area contributed by atoms with Crippen LogP contribution in [-0.2, 0) is 19.4 Å². The topological polar surface area (TPSA) is 67.3 Å². The fourth-order valence-corrected chi connectivity index (χ4v) is 2.78. The first-order valence-corrected chi connectivity index (χ1v) is 8.28. The second kappa shape index (κ2) is 7.77. The number of fused-ring (bicyclic) bond motifs is 1. The fraction of sp³-hybridized carbons (Fsp3) is 0.389. The van der Waals surface area contributed by atoms with Crippen LogP contribution in [0.4, 0.5) is 4.79 Å². The third kappa shape index (κ3) is 4.01. The number of nitrogens with one attached hydrogen (secondary N) is 1. The van der Waals surface area contributed by atoms with E-state index < -0.39 is 0 Å². The molecule has 0 fully saturated rings. The molecule has 0 radical (unpaired) electrons. The van der Waals surface area contributed by atoms with Gasteiger partial charge in [0, 0.05) is 31.3 Å². The number of hydrogen-bond acceptors (Lipinski definition) is 4. The lowest BCUT2D eigenvalue weighted by molar-refractivity contribution is 0.192. The van der Waals surface area contributed by atoms with E-state index in [4.69, 9.17) is 4.74 Å². The van der Waals surface area contributed by atoms with E-state index in [1.807, 2.05) is 36.1 Å². The van der Waals surface area contributed by atoms with Crippen LogP contribution in [-0.4, -0.2) is 40.6 Å². The van der Waals surface area contributed by atoms with Crippen molar-refractivity contribution in [3.63, 3.8) is 0 Å². The molecule has 0 bridgehead atoms. The predicted octanol–water partition coefficient (Wildman–Crippen LogP) is 2.19. The molecule has 1 aromatic heterocycles. The fourth-order valence-electron chi connectivity index (χ4n) is 2.78. The Kier molecular flexibility index (Phi) is 5.25. The molecule has 0 unspecified atom stereocenters. The summed E-state index contributed by atoms with van der Waals surface area (Å²) in [6.07, 6.45) is 4.93. The summed E-state index contributed by atoms with van der Waals surface area (Å²) in [4.78, 5) is 22.4. The van der Waals surface area contributed by atoms with Crippen molar-refractivity contribution >= 4 is 6.03 Å². The molecule has 1 aliphatic rings. The number of aromatic nitrogens is 2. The zero-order chi connectivity index (χ0) is 16.8. The quantitative estimate of drug-likeness (QED) is 0.914. The molecule has 0 atom stereocenters. The first-order valence-electron chi connectivity index (χ1n) is 8.28. The van der Waals surface area contributed by atoms with Gasteiger partial charge >= 0.3 is 6.03 Å². The number of benzene rings is 1. The first kappa shape index (κ1) is 16.2. The molecule has 2 heterocycles. The highest BCUT2D eigenvalue weighted by atomic mass is 16.5. The van der Waals surface area contributed by atoms with Gasteiger partial charge < -0.3 is 15.0 Å². The maximum atomic E-state index is 12.3. The second-order valence-corrected chi connectivity index (χ2v) is 5.73. The van der Waals surface area contributed by atoms with Gasteiger partial charge in [-0.3, -0.25) is 0 Å². The lowest BCUT2D eigenvalue weighted by Crippen LogP contribution is -2.43. The average Bonchev–Trinajstić information content (AvgIpc) is 2.63. The molecule has 0 saturated carbocycles. The average molecular weight is 326 g/mol. The Bertz CT molecular complexity index is 688. The molecule has 3 rings (SSSR count). The molecule has 126 valence electrons. The van der Waals surface area contributed by atoms with Gasteiger partial charge in [0.2, 0.25) is 0 Å². The Morgan fingerprint density at radius 2 is 2.17 bits per heavy atom. The van der Waals surface area contributed by atoms with E-state index in [-0.39, 0.29) is 6.03 Å². The number of carbonyl (C=O) groups is 1. The van der Waals surface area contributed by atoms with Gasteiger partial charge in [0.05, 0.1) is 18.8 Å². The third-order valence-electron chi connectivity index (χ3n) is 4.07. The number of hydrogen-bond donors (Lipinski definition) is 1. The Morgan fingerprint density at radius 3 is 2.96 bits per heavy atom. The van der Waals surface area contributed by atoms with Gasteiger partial charge in [0.1, 0.15) is 12.1 Å². The summed E-state index contributed by atoms with van der Waals surface area (Å²) < 4.78 is 5.42. The molecule has 1 N–H and O–H groups in total. The third-order valence-corrected chi connectivity index (χ3v) is 4.07. The van der Waals surface area contributed by atoms with Gasteiger partial charge in [-0.05, 0) is 31.0 Å². The molecule has 2 aromatic rings. The van der Waals surface area contributed by atoms with Crippen molar-refractivity contribution in [1.82, 2.24) is 20.2 Å². The van der Waals surface area contributed by atoms with Crippen LogP contribution in [0.5, 0.6) is 5.75 Å². The van der Waals surface area contributed by atoms with E-state index >= 15 is 0 Å². The summed E-state index contributed by atoms with van der Waals surface area (Å²) in [6, 6.07) is 7.96. The van der Waals surface area contributed by atoms with Crippen molar-refractivity contribution in [3.8, 4) is 5.75 Å². The SMILES string of the molecule is CCOc1ccc(CCNC(=O)N2CCc3ncncc3C2)cc1. The zero-order valence-corrected chi connectivity index (χ0v) is 13.9. The van der Waals surface area contributed by atoms with Crippen LogP contribution in [0.25, 0.3) is 0 Å². The summed E-state index contributed by atoms with van der Waals surface area (Å²) in [7, 11) is 0. The van der Waals surface area contributed by atoms with Crippen molar-refractivity contribution in [1.29, 1.82) is 0 Å². The van der Waals surface area contributed by atoms with Crippen LogP contribution in [0.2, 0.25) is 0 Å².